The number of carbonyl (C=O) groups excluding carboxylic acids is 2. The van der Waals surface area contributed by atoms with Crippen molar-refractivity contribution in [3.05, 3.63) is 41.3 Å². The van der Waals surface area contributed by atoms with Gasteiger partial charge in [0.05, 0.1) is 16.7 Å². The fourth-order valence-corrected chi connectivity index (χ4v) is 4.52. The van der Waals surface area contributed by atoms with Gasteiger partial charge in [-0.2, -0.15) is 0 Å². The maximum absolute atomic E-state index is 12.5. The van der Waals surface area contributed by atoms with Crippen molar-refractivity contribution in [2.45, 2.75) is 12.8 Å². The van der Waals surface area contributed by atoms with Crippen LogP contribution in [0.1, 0.15) is 22.5 Å². The lowest BCUT2D eigenvalue weighted by Gasteiger charge is -2.15. The lowest BCUT2D eigenvalue weighted by molar-refractivity contribution is -0.140. The summed E-state index contributed by atoms with van der Waals surface area (Å²) in [6.45, 7) is 0.508. The molecule has 0 aliphatic rings. The molecule has 0 fully saturated rings. The summed E-state index contributed by atoms with van der Waals surface area (Å²) in [5, 5.41) is 4.08. The van der Waals surface area contributed by atoms with E-state index in [0.29, 0.717) is 24.3 Å². The second-order valence-corrected chi connectivity index (χ2v) is 7.76. The van der Waals surface area contributed by atoms with Crippen LogP contribution in [-0.2, 0) is 9.53 Å². The highest BCUT2D eigenvalue weighted by Crippen LogP contribution is 2.34. The van der Waals surface area contributed by atoms with Gasteiger partial charge < -0.3 is 15.0 Å². The Labute approximate surface area is 159 Å². The van der Waals surface area contributed by atoms with Gasteiger partial charge in [0.15, 0.2) is 5.13 Å². The van der Waals surface area contributed by atoms with E-state index in [1.807, 2.05) is 36.4 Å². The predicted octanol–water partition coefficient (Wildman–Crippen LogP) is 4.13. The number of aromatic nitrogens is 1. The van der Waals surface area contributed by atoms with Crippen LogP contribution in [-0.4, -0.2) is 42.5 Å². The number of benzene rings is 1. The van der Waals surface area contributed by atoms with Crippen molar-refractivity contribution in [2.75, 3.05) is 26.0 Å². The monoisotopic (exact) mass is 389 g/mol. The summed E-state index contributed by atoms with van der Waals surface area (Å²) in [7, 11) is 3.10. The van der Waals surface area contributed by atoms with Crippen LogP contribution >= 0.6 is 22.7 Å². The molecule has 0 unspecified atom stereocenters. The third kappa shape index (κ3) is 4.39. The van der Waals surface area contributed by atoms with Crippen LogP contribution < -0.4 is 5.32 Å². The summed E-state index contributed by atoms with van der Waals surface area (Å²) in [6.07, 6.45) is 0.891. The zero-order valence-corrected chi connectivity index (χ0v) is 16.2. The topological polar surface area (TPSA) is 71.5 Å². The Morgan fingerprint density at radius 2 is 2.00 bits per heavy atom. The van der Waals surface area contributed by atoms with E-state index < -0.39 is 0 Å². The standard InChI is InChI=1S/C18H19N3O3S2/c1-21(10-6-9-15(22)24-2)17(23)14-11-13-16(25-14)20-18(26-13)19-12-7-4-3-5-8-12/h3-5,7-8,11H,6,9-10H2,1-2H3,(H,19,20). The second kappa shape index (κ2) is 8.29. The smallest absolute Gasteiger partial charge is 0.305 e. The molecule has 0 aliphatic heterocycles. The van der Waals surface area contributed by atoms with Gasteiger partial charge in [0.25, 0.3) is 5.91 Å². The number of hydrogen-bond donors (Lipinski definition) is 1. The van der Waals surface area contributed by atoms with Gasteiger partial charge >= 0.3 is 5.97 Å². The first-order chi connectivity index (χ1) is 12.6. The molecule has 0 atom stereocenters. The van der Waals surface area contributed by atoms with Crippen molar-refractivity contribution < 1.29 is 14.3 Å². The highest BCUT2D eigenvalue weighted by atomic mass is 32.1. The first-order valence-electron chi connectivity index (χ1n) is 8.11. The van der Waals surface area contributed by atoms with Crippen molar-refractivity contribution in [3.8, 4) is 0 Å². The number of para-hydroxylation sites is 1. The fraction of sp³-hybridized carbons (Fsp3) is 0.278. The summed E-state index contributed by atoms with van der Waals surface area (Å²) in [5.41, 5.74) is 0.982. The summed E-state index contributed by atoms with van der Waals surface area (Å²) in [4.78, 5) is 31.3. The molecule has 0 saturated heterocycles. The number of anilines is 2. The molecule has 26 heavy (non-hydrogen) atoms. The molecule has 136 valence electrons. The van der Waals surface area contributed by atoms with E-state index in [1.54, 1.807) is 11.9 Å². The van der Waals surface area contributed by atoms with Crippen LogP contribution in [0.3, 0.4) is 0 Å². The second-order valence-electron chi connectivity index (χ2n) is 5.70. The lowest BCUT2D eigenvalue weighted by atomic mass is 10.3. The molecule has 2 aromatic heterocycles. The van der Waals surface area contributed by atoms with Crippen LogP contribution in [0.5, 0.6) is 0 Å². The largest absolute Gasteiger partial charge is 0.469 e. The Morgan fingerprint density at radius 1 is 1.23 bits per heavy atom. The zero-order chi connectivity index (χ0) is 18.5. The van der Waals surface area contributed by atoms with Crippen LogP contribution in [0.4, 0.5) is 10.8 Å². The Bertz CT molecular complexity index is 873. The molecule has 1 aromatic carbocycles. The third-order valence-electron chi connectivity index (χ3n) is 3.77. The van der Waals surface area contributed by atoms with Crippen molar-refractivity contribution in [2.24, 2.45) is 0 Å². The lowest BCUT2D eigenvalue weighted by Crippen LogP contribution is -2.27. The number of carbonyl (C=O) groups is 2. The van der Waals surface area contributed by atoms with Crippen LogP contribution in [0.25, 0.3) is 9.53 Å². The molecular weight excluding hydrogens is 370 g/mol. The molecule has 1 N–H and O–H groups in total. The molecule has 1 amide bonds. The van der Waals surface area contributed by atoms with Gasteiger partial charge in [-0.3, -0.25) is 9.59 Å². The van der Waals surface area contributed by atoms with Crippen molar-refractivity contribution in [1.29, 1.82) is 0 Å². The third-order valence-corrected chi connectivity index (χ3v) is 5.84. The molecule has 3 aromatic rings. The van der Waals surface area contributed by atoms with Gasteiger partial charge in [-0.05, 0) is 24.6 Å². The molecule has 2 heterocycles. The summed E-state index contributed by atoms with van der Waals surface area (Å²) in [6, 6.07) is 11.7. The first kappa shape index (κ1) is 18.3. The Morgan fingerprint density at radius 3 is 2.69 bits per heavy atom. The predicted molar refractivity (Wildman–Crippen MR) is 105 cm³/mol. The molecule has 8 heteroatoms. The first-order valence-corrected chi connectivity index (χ1v) is 9.75. The van der Waals surface area contributed by atoms with Gasteiger partial charge in [0, 0.05) is 25.7 Å². The van der Waals surface area contributed by atoms with Gasteiger partial charge in [-0.15, -0.1) is 11.3 Å². The van der Waals surface area contributed by atoms with E-state index in [-0.39, 0.29) is 11.9 Å². The minimum absolute atomic E-state index is 0.0531. The van der Waals surface area contributed by atoms with E-state index in [2.05, 4.69) is 15.0 Å². The van der Waals surface area contributed by atoms with Crippen LogP contribution in [0.15, 0.2) is 36.4 Å². The molecule has 0 aliphatic carbocycles. The number of rotatable bonds is 7. The van der Waals surface area contributed by atoms with E-state index >= 15 is 0 Å². The maximum atomic E-state index is 12.5. The van der Waals surface area contributed by atoms with Crippen molar-refractivity contribution in [3.63, 3.8) is 0 Å². The van der Waals surface area contributed by atoms with E-state index in [4.69, 9.17) is 0 Å². The number of nitrogens with zero attached hydrogens (tertiary/aromatic N) is 2. The number of amides is 1. The number of esters is 1. The number of thiazole rings is 1. The SMILES string of the molecule is COC(=O)CCCN(C)C(=O)c1cc2sc(Nc3ccccc3)nc2s1. The van der Waals surface area contributed by atoms with Gasteiger partial charge in [0.1, 0.15) is 4.83 Å². The van der Waals surface area contributed by atoms with Crippen LogP contribution in [0.2, 0.25) is 0 Å². The van der Waals surface area contributed by atoms with E-state index in [9.17, 15) is 9.59 Å². The highest BCUT2D eigenvalue weighted by molar-refractivity contribution is 7.29. The normalized spacial score (nSPS) is 10.7. The average Bonchev–Trinajstić information content (AvgIpc) is 3.20. The number of methoxy groups -OCH3 is 1. The number of ether oxygens (including phenoxy) is 1. The minimum atomic E-state index is -0.259. The quantitative estimate of drug-likeness (QED) is 0.615. The summed E-state index contributed by atoms with van der Waals surface area (Å²) >= 11 is 2.91. The molecule has 0 bridgehead atoms. The minimum Gasteiger partial charge on any atom is -0.469 e. The Kier molecular flexibility index (Phi) is 5.85. The molecular formula is C18H19N3O3S2. The van der Waals surface area contributed by atoms with E-state index in [1.165, 1.54) is 29.8 Å². The van der Waals surface area contributed by atoms with E-state index in [0.717, 1.165) is 20.3 Å². The number of fused-ring (bicyclic) bond motifs is 1. The number of thiophene rings is 1. The zero-order valence-electron chi connectivity index (χ0n) is 14.5. The molecule has 0 radical (unpaired) electrons. The Balaban J connectivity index is 1.62. The summed E-state index contributed by atoms with van der Waals surface area (Å²) in [5.74, 6) is -0.312. The molecule has 0 spiro atoms. The van der Waals surface area contributed by atoms with Crippen LogP contribution in [0, 0.1) is 0 Å². The Hall–Kier alpha value is -2.45. The van der Waals surface area contributed by atoms with Gasteiger partial charge in [-0.1, -0.05) is 29.5 Å². The van der Waals surface area contributed by atoms with Crippen molar-refractivity contribution in [1.82, 2.24) is 9.88 Å². The fourth-order valence-electron chi connectivity index (χ4n) is 2.39. The molecule has 0 saturated carbocycles. The number of hydrogen-bond acceptors (Lipinski definition) is 7. The maximum Gasteiger partial charge on any atom is 0.305 e. The van der Waals surface area contributed by atoms with Gasteiger partial charge in [0.2, 0.25) is 0 Å². The van der Waals surface area contributed by atoms with Crippen molar-refractivity contribution >= 4 is 54.9 Å². The molecule has 3 rings (SSSR count). The molecule has 6 nitrogen and oxygen atoms in total. The summed E-state index contributed by atoms with van der Waals surface area (Å²) < 4.78 is 5.59. The average molecular weight is 390 g/mol. The number of nitrogens with one attached hydrogen (secondary N) is 1. The van der Waals surface area contributed by atoms with Gasteiger partial charge in [-0.25, -0.2) is 4.98 Å². The highest BCUT2D eigenvalue weighted by Gasteiger charge is 2.17.